The van der Waals surface area contributed by atoms with Crippen molar-refractivity contribution in [3.63, 3.8) is 0 Å². The van der Waals surface area contributed by atoms with Crippen LogP contribution in [0.4, 0.5) is 4.39 Å². The van der Waals surface area contributed by atoms with Crippen molar-refractivity contribution in [3.05, 3.63) is 88.6 Å². The molecule has 0 radical (unpaired) electrons. The Bertz CT molecular complexity index is 1480. The molecule has 11 heteroatoms. The van der Waals surface area contributed by atoms with Gasteiger partial charge in [-0.3, -0.25) is 9.59 Å². The number of benzene rings is 2. The predicted molar refractivity (Wildman–Crippen MR) is 146 cm³/mol. The Balaban J connectivity index is 1.47. The number of halogens is 2. The van der Waals surface area contributed by atoms with Gasteiger partial charge in [-0.05, 0) is 60.9 Å². The fourth-order valence-electron chi connectivity index (χ4n) is 4.96. The lowest BCUT2D eigenvalue weighted by Gasteiger charge is -2.32. The molecular formula is C29H30ClFN6O3. The van der Waals surface area contributed by atoms with Crippen LogP contribution in [0.2, 0.25) is 5.02 Å². The lowest BCUT2D eigenvalue weighted by Crippen LogP contribution is -2.47. The second-order valence-corrected chi connectivity index (χ2v) is 10.3. The third-order valence-electron chi connectivity index (χ3n) is 7.01. The third kappa shape index (κ3) is 6.39. The summed E-state index contributed by atoms with van der Waals surface area (Å²) in [5.74, 6) is -0.290. The monoisotopic (exact) mass is 564 g/mol. The summed E-state index contributed by atoms with van der Waals surface area (Å²) in [6, 6.07) is 15.6. The van der Waals surface area contributed by atoms with Crippen LogP contribution in [0, 0.1) is 12.7 Å². The van der Waals surface area contributed by atoms with Crippen molar-refractivity contribution in [2.45, 2.75) is 64.2 Å². The minimum absolute atomic E-state index is 0.0254. The van der Waals surface area contributed by atoms with Crippen LogP contribution in [0.25, 0.3) is 11.4 Å². The van der Waals surface area contributed by atoms with Crippen LogP contribution < -0.4 is 5.32 Å². The molecule has 2 aromatic carbocycles. The number of aromatic nitrogens is 4. The molecule has 1 fully saturated rings. The normalized spacial score (nSPS) is 14.6. The number of nitrogens with one attached hydrogen (secondary N) is 1. The minimum atomic E-state index is -1.06. The number of carbonyl (C=O) groups excluding carboxylic acids is 2. The average Bonchev–Trinajstić information content (AvgIpc) is 3.59. The van der Waals surface area contributed by atoms with Gasteiger partial charge < -0.3 is 14.6 Å². The second kappa shape index (κ2) is 12.4. The molecule has 2 heterocycles. The quantitative estimate of drug-likeness (QED) is 0.297. The summed E-state index contributed by atoms with van der Waals surface area (Å²) in [5.41, 5.74) is 0.833. The molecular weight excluding hydrogens is 535 g/mol. The Morgan fingerprint density at radius 1 is 1.10 bits per heavy atom. The van der Waals surface area contributed by atoms with Gasteiger partial charge in [0.2, 0.25) is 11.7 Å². The number of nitrogens with zero attached hydrogens (tertiary/aromatic N) is 5. The van der Waals surface area contributed by atoms with Crippen molar-refractivity contribution in [1.29, 1.82) is 0 Å². The minimum Gasteiger partial charge on any atom is -0.464 e. The molecule has 40 heavy (non-hydrogen) atoms. The van der Waals surface area contributed by atoms with E-state index in [2.05, 4.69) is 20.7 Å². The van der Waals surface area contributed by atoms with E-state index in [1.165, 1.54) is 17.0 Å². The van der Waals surface area contributed by atoms with Crippen molar-refractivity contribution >= 4 is 23.4 Å². The summed E-state index contributed by atoms with van der Waals surface area (Å²) in [6.07, 6.45) is 5.00. The molecule has 1 aliphatic rings. The predicted octanol–water partition coefficient (Wildman–Crippen LogP) is 5.25. The molecule has 0 aliphatic heterocycles. The van der Waals surface area contributed by atoms with Crippen LogP contribution in [0.15, 0.2) is 65.1 Å². The first kappa shape index (κ1) is 27.5. The highest BCUT2D eigenvalue weighted by atomic mass is 35.5. The van der Waals surface area contributed by atoms with Crippen LogP contribution in [0.3, 0.4) is 0 Å². The topological polar surface area (TPSA) is 106 Å². The molecule has 0 spiro atoms. The third-order valence-corrected chi connectivity index (χ3v) is 7.37. The van der Waals surface area contributed by atoms with Crippen molar-refractivity contribution in [1.82, 2.24) is 30.4 Å². The number of carbonyl (C=O) groups is 2. The first-order valence-corrected chi connectivity index (χ1v) is 13.7. The maximum absolute atomic E-state index is 14.3. The highest BCUT2D eigenvalue weighted by Crippen LogP contribution is 2.29. The lowest BCUT2D eigenvalue weighted by atomic mass is 9.95. The number of aryl methyl sites for hydroxylation is 1. The van der Waals surface area contributed by atoms with Gasteiger partial charge in [0.15, 0.2) is 6.04 Å². The molecule has 9 nitrogen and oxygen atoms in total. The van der Waals surface area contributed by atoms with Crippen LogP contribution in [-0.2, 0) is 22.7 Å². The molecule has 0 unspecified atom stereocenters. The van der Waals surface area contributed by atoms with Crippen molar-refractivity contribution < 1.29 is 18.4 Å². The van der Waals surface area contributed by atoms with E-state index in [0.29, 0.717) is 22.1 Å². The Morgan fingerprint density at radius 2 is 1.85 bits per heavy atom. The SMILES string of the molecule is Cc1ccc([C@H](C(=O)NC2CCCCC2)N(Cc2ccccc2Cl)C(=O)Cn2nnc(-c3ccccc3F)n2)o1. The van der Waals surface area contributed by atoms with E-state index in [9.17, 15) is 14.0 Å². The number of amides is 2. The zero-order chi connectivity index (χ0) is 28.1. The summed E-state index contributed by atoms with van der Waals surface area (Å²) in [6.45, 7) is 1.48. The first-order valence-electron chi connectivity index (χ1n) is 13.3. The molecule has 1 N–H and O–H groups in total. The largest absolute Gasteiger partial charge is 0.464 e. The smallest absolute Gasteiger partial charge is 0.250 e. The Hall–Kier alpha value is -4.05. The molecule has 2 aromatic heterocycles. The van der Waals surface area contributed by atoms with Crippen LogP contribution in [-0.4, -0.2) is 43.0 Å². The summed E-state index contributed by atoms with van der Waals surface area (Å²) in [4.78, 5) is 30.3. The van der Waals surface area contributed by atoms with E-state index < -0.39 is 17.8 Å². The maximum atomic E-state index is 14.3. The van der Waals surface area contributed by atoms with E-state index in [-0.39, 0.29) is 36.4 Å². The lowest BCUT2D eigenvalue weighted by molar-refractivity contribution is -0.143. The Labute approximate surface area is 236 Å². The van der Waals surface area contributed by atoms with Gasteiger partial charge in [0.05, 0.1) is 5.56 Å². The molecule has 1 saturated carbocycles. The summed E-state index contributed by atoms with van der Waals surface area (Å²) < 4.78 is 20.2. The molecule has 2 amide bonds. The standard InChI is InChI=1S/C29H30ClFN6O3/c1-19-15-16-25(40-19)27(29(39)32-21-10-3-2-4-11-21)36(17-20-9-5-7-13-23(20)30)26(38)18-37-34-28(33-35-37)22-12-6-8-14-24(22)31/h5-9,12-16,21,27H,2-4,10-11,17-18H2,1H3,(H,32,39)/t27-/m1/s1. The van der Waals surface area contributed by atoms with Gasteiger partial charge in [0.25, 0.3) is 5.91 Å². The molecule has 1 atom stereocenters. The van der Waals surface area contributed by atoms with E-state index >= 15 is 0 Å². The van der Waals surface area contributed by atoms with E-state index in [0.717, 1.165) is 36.9 Å². The van der Waals surface area contributed by atoms with Crippen molar-refractivity contribution in [2.24, 2.45) is 0 Å². The van der Waals surface area contributed by atoms with Crippen LogP contribution in [0.1, 0.15) is 55.2 Å². The van der Waals surface area contributed by atoms with Gasteiger partial charge in [-0.2, -0.15) is 4.80 Å². The highest BCUT2D eigenvalue weighted by molar-refractivity contribution is 6.31. The van der Waals surface area contributed by atoms with Gasteiger partial charge in [-0.15, -0.1) is 10.2 Å². The van der Waals surface area contributed by atoms with E-state index in [1.54, 1.807) is 49.4 Å². The van der Waals surface area contributed by atoms with Gasteiger partial charge in [-0.25, -0.2) is 4.39 Å². The van der Waals surface area contributed by atoms with Crippen molar-refractivity contribution in [3.8, 4) is 11.4 Å². The summed E-state index contributed by atoms with van der Waals surface area (Å²) in [5, 5.41) is 15.7. The molecule has 0 saturated heterocycles. The zero-order valence-electron chi connectivity index (χ0n) is 22.1. The summed E-state index contributed by atoms with van der Waals surface area (Å²) >= 11 is 6.47. The van der Waals surface area contributed by atoms with Crippen molar-refractivity contribution in [2.75, 3.05) is 0 Å². The Morgan fingerprint density at radius 3 is 2.58 bits per heavy atom. The fraction of sp³-hybridized carbons (Fsp3) is 0.345. The molecule has 4 aromatic rings. The maximum Gasteiger partial charge on any atom is 0.250 e. The number of rotatable bonds is 9. The summed E-state index contributed by atoms with van der Waals surface area (Å²) in [7, 11) is 0. The molecule has 0 bridgehead atoms. The molecule has 5 rings (SSSR count). The fourth-order valence-corrected chi connectivity index (χ4v) is 5.15. The van der Waals surface area contributed by atoms with Gasteiger partial charge in [0, 0.05) is 17.6 Å². The highest BCUT2D eigenvalue weighted by Gasteiger charge is 2.36. The van der Waals surface area contributed by atoms with Gasteiger partial charge >= 0.3 is 0 Å². The van der Waals surface area contributed by atoms with Crippen LogP contribution >= 0.6 is 11.6 Å². The number of furan rings is 1. The second-order valence-electron chi connectivity index (χ2n) is 9.93. The molecule has 208 valence electrons. The zero-order valence-corrected chi connectivity index (χ0v) is 22.9. The average molecular weight is 565 g/mol. The van der Waals surface area contributed by atoms with E-state index in [1.807, 2.05) is 6.07 Å². The first-order chi connectivity index (χ1) is 19.4. The van der Waals surface area contributed by atoms with Gasteiger partial charge in [0.1, 0.15) is 23.9 Å². The number of hydrogen-bond donors (Lipinski definition) is 1. The van der Waals surface area contributed by atoms with Crippen LogP contribution in [0.5, 0.6) is 0 Å². The Kier molecular flexibility index (Phi) is 8.54. The number of hydrogen-bond acceptors (Lipinski definition) is 6. The van der Waals surface area contributed by atoms with E-state index in [4.69, 9.17) is 16.0 Å². The number of tetrazole rings is 1. The molecule has 1 aliphatic carbocycles. The van der Waals surface area contributed by atoms with Gasteiger partial charge in [-0.1, -0.05) is 61.2 Å².